The molecule has 2 aliphatic heterocycles. The van der Waals surface area contributed by atoms with Crippen LogP contribution in [0.2, 0.25) is 0 Å². The maximum absolute atomic E-state index is 14.0. The molecule has 1 N–H and O–H groups in total. The molecular weight excluding hydrogens is 323 g/mol. The first kappa shape index (κ1) is 15.9. The Balaban J connectivity index is 1.59. The van der Waals surface area contributed by atoms with E-state index in [1.807, 2.05) is 0 Å². The largest absolute Gasteiger partial charge is 0.490 e. The van der Waals surface area contributed by atoms with Crippen LogP contribution in [-0.2, 0) is 4.79 Å². The van der Waals surface area contributed by atoms with Gasteiger partial charge in [-0.25, -0.2) is 4.39 Å². The number of halogens is 1. The lowest BCUT2D eigenvalue weighted by molar-refractivity contribution is -0.125. The number of hydrogen-bond donors (Lipinski definition) is 1. The van der Waals surface area contributed by atoms with Crippen molar-refractivity contribution in [3.8, 4) is 5.75 Å². The molecule has 3 heterocycles. The molecule has 0 saturated carbocycles. The van der Waals surface area contributed by atoms with Crippen LogP contribution in [0.4, 0.5) is 4.39 Å². The standard InChI is InChI=1S/C19H19FN2O3/c20-13-5-1-4-12-14(6-3-11-25-18(12)13)21-19(24)16-8-9-17(23)15-7-2-10-22(15)16/h1-2,4-5,7,10,14,16H,3,6,8-9,11H2,(H,21,24). The first-order chi connectivity index (χ1) is 12.1. The predicted molar refractivity (Wildman–Crippen MR) is 89.0 cm³/mol. The molecule has 0 spiro atoms. The van der Waals surface area contributed by atoms with E-state index in [0.29, 0.717) is 37.1 Å². The second-order valence-corrected chi connectivity index (χ2v) is 6.49. The number of para-hydroxylation sites is 1. The maximum Gasteiger partial charge on any atom is 0.243 e. The van der Waals surface area contributed by atoms with E-state index in [-0.39, 0.29) is 23.5 Å². The van der Waals surface area contributed by atoms with Crippen LogP contribution in [0.5, 0.6) is 5.75 Å². The zero-order chi connectivity index (χ0) is 17.4. The highest BCUT2D eigenvalue weighted by molar-refractivity contribution is 5.97. The first-order valence-electron chi connectivity index (χ1n) is 8.57. The zero-order valence-corrected chi connectivity index (χ0v) is 13.7. The van der Waals surface area contributed by atoms with Crippen molar-refractivity contribution >= 4 is 11.7 Å². The Bertz CT molecular complexity index is 830. The molecule has 0 fully saturated rings. The van der Waals surface area contributed by atoms with E-state index in [9.17, 15) is 14.0 Å². The number of carbonyl (C=O) groups excluding carboxylic acids is 2. The van der Waals surface area contributed by atoms with Gasteiger partial charge < -0.3 is 14.6 Å². The number of rotatable bonds is 2. The summed E-state index contributed by atoms with van der Waals surface area (Å²) in [6, 6.07) is 7.60. The van der Waals surface area contributed by atoms with Gasteiger partial charge in [0.25, 0.3) is 0 Å². The number of benzene rings is 1. The van der Waals surface area contributed by atoms with E-state index >= 15 is 0 Å². The predicted octanol–water partition coefficient (Wildman–Crippen LogP) is 3.17. The highest BCUT2D eigenvalue weighted by atomic mass is 19.1. The van der Waals surface area contributed by atoms with Crippen LogP contribution in [0.3, 0.4) is 0 Å². The second kappa shape index (κ2) is 6.35. The average molecular weight is 342 g/mol. The Morgan fingerprint density at radius 2 is 2.12 bits per heavy atom. The molecule has 2 atom stereocenters. The summed E-state index contributed by atoms with van der Waals surface area (Å²) in [5.41, 5.74) is 1.24. The van der Waals surface area contributed by atoms with Crippen molar-refractivity contribution in [3.63, 3.8) is 0 Å². The van der Waals surface area contributed by atoms with E-state index in [0.717, 1.165) is 6.42 Å². The van der Waals surface area contributed by atoms with Gasteiger partial charge in [-0.3, -0.25) is 9.59 Å². The molecule has 5 nitrogen and oxygen atoms in total. The van der Waals surface area contributed by atoms with Gasteiger partial charge in [0.1, 0.15) is 6.04 Å². The maximum atomic E-state index is 14.0. The van der Waals surface area contributed by atoms with E-state index in [4.69, 9.17) is 4.74 Å². The third kappa shape index (κ3) is 2.81. The van der Waals surface area contributed by atoms with Gasteiger partial charge in [-0.2, -0.15) is 0 Å². The van der Waals surface area contributed by atoms with Crippen LogP contribution in [-0.4, -0.2) is 22.9 Å². The van der Waals surface area contributed by atoms with E-state index in [2.05, 4.69) is 5.32 Å². The van der Waals surface area contributed by atoms with Gasteiger partial charge in [-0.1, -0.05) is 12.1 Å². The zero-order valence-electron chi connectivity index (χ0n) is 13.7. The number of ketones is 1. The number of carbonyl (C=O) groups is 2. The van der Waals surface area contributed by atoms with E-state index < -0.39 is 11.9 Å². The molecule has 0 aliphatic carbocycles. The molecule has 0 bridgehead atoms. The normalized spacial score (nSPS) is 22.4. The van der Waals surface area contributed by atoms with Gasteiger partial charge in [0, 0.05) is 18.2 Å². The van der Waals surface area contributed by atoms with Crippen LogP contribution in [0.1, 0.15) is 53.8 Å². The molecule has 0 radical (unpaired) electrons. The van der Waals surface area contributed by atoms with Crippen molar-refractivity contribution in [3.05, 3.63) is 53.6 Å². The number of nitrogens with one attached hydrogen (secondary N) is 1. The Kier molecular flexibility index (Phi) is 4.03. The molecule has 2 unspecified atom stereocenters. The number of aromatic nitrogens is 1. The summed E-state index contributed by atoms with van der Waals surface area (Å²) >= 11 is 0. The third-order valence-electron chi connectivity index (χ3n) is 4.92. The highest BCUT2D eigenvalue weighted by Gasteiger charge is 2.32. The number of ether oxygens (including phenoxy) is 1. The molecule has 0 saturated heterocycles. The molecule has 2 aliphatic rings. The third-order valence-corrected chi connectivity index (χ3v) is 4.92. The smallest absolute Gasteiger partial charge is 0.243 e. The summed E-state index contributed by atoms with van der Waals surface area (Å²) in [6.07, 6.45) is 4.02. The van der Waals surface area contributed by atoms with Crippen molar-refractivity contribution < 1.29 is 18.7 Å². The highest BCUT2D eigenvalue weighted by Crippen LogP contribution is 2.34. The van der Waals surface area contributed by atoms with Gasteiger partial charge in [0.15, 0.2) is 17.3 Å². The van der Waals surface area contributed by atoms with Crippen molar-refractivity contribution in [2.24, 2.45) is 0 Å². The Hall–Kier alpha value is -2.63. The lowest BCUT2D eigenvalue weighted by Gasteiger charge is -2.27. The number of Topliss-reactive ketones (excluding diaryl/α,β-unsaturated/α-hetero) is 1. The Labute approximate surface area is 144 Å². The Morgan fingerprint density at radius 3 is 3.00 bits per heavy atom. The summed E-state index contributed by atoms with van der Waals surface area (Å²) in [4.78, 5) is 24.8. The molecule has 25 heavy (non-hydrogen) atoms. The molecular formula is C19H19FN2O3. The number of fused-ring (bicyclic) bond motifs is 2. The SMILES string of the molecule is O=C1CCC(C(=O)NC2CCCOc3c(F)cccc32)n2cccc21. The van der Waals surface area contributed by atoms with Crippen LogP contribution in [0.15, 0.2) is 36.5 Å². The van der Waals surface area contributed by atoms with Gasteiger partial charge in [-0.05, 0) is 37.5 Å². The molecule has 1 aromatic carbocycles. The molecule has 1 aromatic heterocycles. The van der Waals surface area contributed by atoms with Crippen LogP contribution < -0.4 is 10.1 Å². The lowest BCUT2D eigenvalue weighted by atomic mass is 9.98. The Morgan fingerprint density at radius 1 is 1.24 bits per heavy atom. The lowest BCUT2D eigenvalue weighted by Crippen LogP contribution is -2.38. The molecule has 4 rings (SSSR count). The first-order valence-corrected chi connectivity index (χ1v) is 8.57. The van der Waals surface area contributed by atoms with Crippen LogP contribution >= 0.6 is 0 Å². The summed E-state index contributed by atoms with van der Waals surface area (Å²) in [6.45, 7) is 0.431. The molecule has 130 valence electrons. The fraction of sp³-hybridized carbons (Fsp3) is 0.368. The van der Waals surface area contributed by atoms with Crippen molar-refractivity contribution in [2.75, 3.05) is 6.61 Å². The topological polar surface area (TPSA) is 60.3 Å². The fourth-order valence-electron chi connectivity index (χ4n) is 3.68. The summed E-state index contributed by atoms with van der Waals surface area (Å²) in [5.74, 6) is -0.267. The van der Waals surface area contributed by atoms with Gasteiger partial charge in [-0.15, -0.1) is 0 Å². The van der Waals surface area contributed by atoms with Crippen LogP contribution in [0.25, 0.3) is 0 Å². The van der Waals surface area contributed by atoms with Crippen molar-refractivity contribution in [1.82, 2.24) is 9.88 Å². The van der Waals surface area contributed by atoms with Crippen molar-refractivity contribution in [2.45, 2.75) is 37.8 Å². The van der Waals surface area contributed by atoms with E-state index in [1.165, 1.54) is 6.07 Å². The van der Waals surface area contributed by atoms with Gasteiger partial charge >= 0.3 is 0 Å². The average Bonchev–Trinajstić information content (AvgIpc) is 3.00. The molecule has 1 amide bonds. The summed E-state index contributed by atoms with van der Waals surface area (Å²) in [7, 11) is 0. The minimum absolute atomic E-state index is 0.0596. The monoisotopic (exact) mass is 342 g/mol. The summed E-state index contributed by atoms with van der Waals surface area (Å²) in [5, 5.41) is 3.04. The minimum atomic E-state index is -0.413. The minimum Gasteiger partial charge on any atom is -0.490 e. The number of amides is 1. The quantitative estimate of drug-likeness (QED) is 0.912. The number of hydrogen-bond acceptors (Lipinski definition) is 3. The van der Waals surface area contributed by atoms with Crippen molar-refractivity contribution in [1.29, 1.82) is 0 Å². The van der Waals surface area contributed by atoms with Gasteiger partial charge in [0.05, 0.1) is 18.3 Å². The van der Waals surface area contributed by atoms with Gasteiger partial charge in [0.2, 0.25) is 5.91 Å². The van der Waals surface area contributed by atoms with Crippen LogP contribution in [0, 0.1) is 5.82 Å². The second-order valence-electron chi connectivity index (χ2n) is 6.49. The summed E-state index contributed by atoms with van der Waals surface area (Å²) < 4.78 is 21.3. The number of nitrogens with zero attached hydrogens (tertiary/aromatic N) is 1. The van der Waals surface area contributed by atoms with E-state index in [1.54, 1.807) is 35.0 Å². The molecule has 2 aromatic rings. The molecule has 6 heteroatoms. The fourth-order valence-corrected chi connectivity index (χ4v) is 3.68.